The minimum atomic E-state index is -0.864. The summed E-state index contributed by atoms with van der Waals surface area (Å²) >= 11 is 6.03. The van der Waals surface area contributed by atoms with Crippen LogP contribution in [0.1, 0.15) is 42.0 Å². The predicted octanol–water partition coefficient (Wildman–Crippen LogP) is 4.67. The standard InChI is InChI=1S/C19H21ClO/c1-19(21,13-14-5-4-8-18(20)11-14)17-10-9-15-6-2-3-7-16(15)12-17/h4-5,8-12,21H,2-3,6-7,13H2,1H3. The summed E-state index contributed by atoms with van der Waals surface area (Å²) in [5.41, 5.74) is 4.05. The number of fused-ring (bicyclic) bond motifs is 1. The maximum Gasteiger partial charge on any atom is 0.0908 e. The monoisotopic (exact) mass is 300 g/mol. The Bertz CT molecular complexity index is 646. The Morgan fingerprint density at radius 3 is 2.57 bits per heavy atom. The number of benzene rings is 2. The van der Waals surface area contributed by atoms with E-state index < -0.39 is 5.60 Å². The van der Waals surface area contributed by atoms with Crippen LogP contribution in [0.4, 0.5) is 0 Å². The van der Waals surface area contributed by atoms with Crippen LogP contribution in [0, 0.1) is 0 Å². The number of aryl methyl sites for hydroxylation is 2. The minimum Gasteiger partial charge on any atom is -0.385 e. The second kappa shape index (κ2) is 5.82. The molecule has 1 atom stereocenters. The molecule has 1 unspecified atom stereocenters. The van der Waals surface area contributed by atoms with Crippen molar-refractivity contribution in [1.29, 1.82) is 0 Å². The maximum absolute atomic E-state index is 10.9. The molecule has 0 saturated carbocycles. The molecule has 3 rings (SSSR count). The van der Waals surface area contributed by atoms with Gasteiger partial charge in [-0.25, -0.2) is 0 Å². The molecule has 1 aliphatic carbocycles. The Morgan fingerprint density at radius 2 is 1.81 bits per heavy atom. The van der Waals surface area contributed by atoms with Gasteiger partial charge >= 0.3 is 0 Å². The van der Waals surface area contributed by atoms with E-state index in [-0.39, 0.29) is 0 Å². The van der Waals surface area contributed by atoms with E-state index in [4.69, 9.17) is 11.6 Å². The van der Waals surface area contributed by atoms with Gasteiger partial charge in [0.15, 0.2) is 0 Å². The third-order valence-electron chi connectivity index (χ3n) is 4.41. The number of hydrogen-bond donors (Lipinski definition) is 1. The van der Waals surface area contributed by atoms with Gasteiger partial charge in [0, 0.05) is 11.4 Å². The van der Waals surface area contributed by atoms with Crippen LogP contribution in [0.5, 0.6) is 0 Å². The van der Waals surface area contributed by atoms with Crippen molar-refractivity contribution in [3.8, 4) is 0 Å². The van der Waals surface area contributed by atoms with Gasteiger partial charge in [0.2, 0.25) is 0 Å². The van der Waals surface area contributed by atoms with Crippen LogP contribution < -0.4 is 0 Å². The Balaban J connectivity index is 1.87. The summed E-state index contributed by atoms with van der Waals surface area (Å²) in [6.07, 6.45) is 5.42. The largest absolute Gasteiger partial charge is 0.385 e. The molecule has 2 heteroatoms. The summed E-state index contributed by atoms with van der Waals surface area (Å²) in [5, 5.41) is 11.6. The third kappa shape index (κ3) is 3.30. The lowest BCUT2D eigenvalue weighted by atomic mass is 9.84. The van der Waals surface area contributed by atoms with Gasteiger partial charge in [-0.1, -0.05) is 41.9 Å². The van der Waals surface area contributed by atoms with Crippen LogP contribution in [0.3, 0.4) is 0 Å². The molecule has 21 heavy (non-hydrogen) atoms. The molecule has 1 aliphatic rings. The lowest BCUT2D eigenvalue weighted by Gasteiger charge is -2.26. The fourth-order valence-electron chi connectivity index (χ4n) is 3.21. The molecule has 2 aromatic rings. The average molecular weight is 301 g/mol. The molecule has 110 valence electrons. The molecule has 0 bridgehead atoms. The SMILES string of the molecule is CC(O)(Cc1cccc(Cl)c1)c1ccc2c(c1)CCCC2. The van der Waals surface area contributed by atoms with Crippen molar-refractivity contribution >= 4 is 11.6 Å². The Hall–Kier alpha value is -1.31. The lowest BCUT2D eigenvalue weighted by Crippen LogP contribution is -2.25. The number of rotatable bonds is 3. The number of aliphatic hydroxyl groups is 1. The van der Waals surface area contributed by atoms with E-state index in [2.05, 4.69) is 18.2 Å². The Morgan fingerprint density at radius 1 is 1.05 bits per heavy atom. The van der Waals surface area contributed by atoms with Gasteiger partial charge in [0.05, 0.1) is 5.60 Å². The van der Waals surface area contributed by atoms with E-state index in [1.807, 2.05) is 31.2 Å². The zero-order valence-corrected chi connectivity index (χ0v) is 13.2. The van der Waals surface area contributed by atoms with Gasteiger partial charge in [-0.05, 0) is 67.0 Å². The van der Waals surface area contributed by atoms with Crippen LogP contribution in [-0.4, -0.2) is 5.11 Å². The van der Waals surface area contributed by atoms with Gasteiger partial charge in [-0.15, -0.1) is 0 Å². The van der Waals surface area contributed by atoms with Gasteiger partial charge in [-0.2, -0.15) is 0 Å². The van der Waals surface area contributed by atoms with Crippen LogP contribution in [0.2, 0.25) is 5.02 Å². The highest BCUT2D eigenvalue weighted by Gasteiger charge is 2.25. The van der Waals surface area contributed by atoms with E-state index in [0.29, 0.717) is 11.4 Å². The van der Waals surface area contributed by atoms with Crippen LogP contribution >= 0.6 is 11.6 Å². The maximum atomic E-state index is 10.9. The summed E-state index contributed by atoms with van der Waals surface area (Å²) in [6, 6.07) is 14.2. The van der Waals surface area contributed by atoms with Crippen molar-refractivity contribution in [2.24, 2.45) is 0 Å². The summed E-state index contributed by atoms with van der Waals surface area (Å²) in [5.74, 6) is 0. The van der Waals surface area contributed by atoms with Crippen molar-refractivity contribution < 1.29 is 5.11 Å². The highest BCUT2D eigenvalue weighted by Crippen LogP contribution is 2.30. The normalized spacial score (nSPS) is 17.1. The van der Waals surface area contributed by atoms with E-state index in [1.165, 1.54) is 30.4 Å². The van der Waals surface area contributed by atoms with E-state index >= 15 is 0 Å². The molecule has 0 aliphatic heterocycles. The molecule has 0 heterocycles. The van der Waals surface area contributed by atoms with E-state index in [0.717, 1.165) is 17.5 Å². The first kappa shape index (κ1) is 14.6. The zero-order chi connectivity index (χ0) is 14.9. The zero-order valence-electron chi connectivity index (χ0n) is 12.4. The average Bonchev–Trinajstić information content (AvgIpc) is 2.46. The summed E-state index contributed by atoms with van der Waals surface area (Å²) < 4.78 is 0. The first-order chi connectivity index (χ1) is 10.0. The van der Waals surface area contributed by atoms with Gasteiger partial charge < -0.3 is 5.11 Å². The minimum absolute atomic E-state index is 0.576. The fraction of sp³-hybridized carbons (Fsp3) is 0.368. The molecule has 0 fully saturated rings. The van der Waals surface area contributed by atoms with Crippen molar-refractivity contribution in [2.75, 3.05) is 0 Å². The van der Waals surface area contributed by atoms with Gasteiger partial charge in [-0.3, -0.25) is 0 Å². The first-order valence-electron chi connectivity index (χ1n) is 7.64. The molecular formula is C19H21ClO. The molecule has 0 spiro atoms. The number of hydrogen-bond acceptors (Lipinski definition) is 1. The van der Waals surface area contributed by atoms with E-state index in [9.17, 15) is 5.11 Å². The molecule has 0 saturated heterocycles. The van der Waals surface area contributed by atoms with Crippen LogP contribution in [0.15, 0.2) is 42.5 Å². The molecule has 0 aromatic heterocycles. The van der Waals surface area contributed by atoms with Crippen molar-refractivity contribution in [3.63, 3.8) is 0 Å². The van der Waals surface area contributed by atoms with E-state index in [1.54, 1.807) is 0 Å². The third-order valence-corrected chi connectivity index (χ3v) is 4.64. The Kier molecular flexibility index (Phi) is 4.05. The molecular weight excluding hydrogens is 280 g/mol. The summed E-state index contributed by atoms with van der Waals surface area (Å²) in [4.78, 5) is 0. The summed E-state index contributed by atoms with van der Waals surface area (Å²) in [7, 11) is 0. The van der Waals surface area contributed by atoms with Crippen molar-refractivity contribution in [2.45, 2.75) is 44.6 Å². The number of halogens is 1. The van der Waals surface area contributed by atoms with Crippen molar-refractivity contribution in [3.05, 3.63) is 69.7 Å². The van der Waals surface area contributed by atoms with Gasteiger partial charge in [0.1, 0.15) is 0 Å². The smallest absolute Gasteiger partial charge is 0.0908 e. The highest BCUT2D eigenvalue weighted by molar-refractivity contribution is 6.30. The predicted molar refractivity (Wildman–Crippen MR) is 87.8 cm³/mol. The highest BCUT2D eigenvalue weighted by atomic mass is 35.5. The quantitative estimate of drug-likeness (QED) is 0.873. The van der Waals surface area contributed by atoms with Gasteiger partial charge in [0.25, 0.3) is 0 Å². The Labute approximate surface area is 131 Å². The molecule has 0 amide bonds. The second-order valence-electron chi connectivity index (χ2n) is 6.27. The molecule has 2 aromatic carbocycles. The second-order valence-corrected chi connectivity index (χ2v) is 6.71. The molecule has 1 nitrogen and oxygen atoms in total. The van der Waals surface area contributed by atoms with Crippen LogP contribution in [0.25, 0.3) is 0 Å². The topological polar surface area (TPSA) is 20.2 Å². The summed E-state index contributed by atoms with van der Waals surface area (Å²) in [6.45, 7) is 1.89. The fourth-order valence-corrected chi connectivity index (χ4v) is 3.43. The van der Waals surface area contributed by atoms with Crippen molar-refractivity contribution in [1.82, 2.24) is 0 Å². The van der Waals surface area contributed by atoms with Crippen LogP contribution in [-0.2, 0) is 24.9 Å². The molecule has 0 radical (unpaired) electrons. The molecule has 1 N–H and O–H groups in total. The first-order valence-corrected chi connectivity index (χ1v) is 8.01. The lowest BCUT2D eigenvalue weighted by molar-refractivity contribution is 0.0575.